The first-order valence-corrected chi connectivity index (χ1v) is 8.82. The van der Waals surface area contributed by atoms with E-state index in [0.29, 0.717) is 28.1 Å². The number of benzene rings is 2. The summed E-state index contributed by atoms with van der Waals surface area (Å²) in [6.45, 7) is 4.41. The molecule has 2 rings (SSSR count). The van der Waals surface area contributed by atoms with Crippen molar-refractivity contribution in [3.8, 4) is 11.5 Å². The molecule has 0 saturated carbocycles. The molecule has 1 N–H and O–H groups in total. The zero-order chi connectivity index (χ0) is 18.4. The van der Waals surface area contributed by atoms with Gasteiger partial charge in [-0.1, -0.05) is 19.1 Å². The molecule has 0 aromatic heterocycles. The maximum absolute atomic E-state index is 13.0. The Bertz CT molecular complexity index is 734. The average Bonchev–Trinajstić information content (AvgIpc) is 2.60. The maximum atomic E-state index is 13.0. The van der Waals surface area contributed by atoms with Gasteiger partial charge in [0, 0.05) is 5.56 Å². The summed E-state index contributed by atoms with van der Waals surface area (Å²) in [7, 11) is 1.53. The highest BCUT2D eigenvalue weighted by Crippen LogP contribution is 2.36. The number of rotatable bonds is 7. The monoisotopic (exact) mass is 409 g/mol. The highest BCUT2D eigenvalue weighted by atomic mass is 79.9. The molecule has 134 valence electrons. The molecule has 0 fully saturated rings. The van der Waals surface area contributed by atoms with Gasteiger partial charge in [-0.3, -0.25) is 4.79 Å². The minimum atomic E-state index is -0.307. The van der Waals surface area contributed by atoms with Gasteiger partial charge in [0.2, 0.25) is 0 Å². The van der Waals surface area contributed by atoms with Crippen LogP contribution in [0.2, 0.25) is 0 Å². The van der Waals surface area contributed by atoms with Crippen molar-refractivity contribution < 1.29 is 18.7 Å². The largest absolute Gasteiger partial charge is 0.493 e. The zero-order valence-electron chi connectivity index (χ0n) is 14.4. The summed E-state index contributed by atoms with van der Waals surface area (Å²) in [4.78, 5) is 12.5. The van der Waals surface area contributed by atoms with Crippen molar-refractivity contribution in [3.05, 3.63) is 57.8 Å². The van der Waals surface area contributed by atoms with Crippen LogP contribution in [0.15, 0.2) is 40.9 Å². The average molecular weight is 410 g/mol. The summed E-state index contributed by atoms with van der Waals surface area (Å²) in [5.74, 6) is 0.506. The first-order valence-electron chi connectivity index (χ1n) is 8.03. The fourth-order valence-electron chi connectivity index (χ4n) is 2.31. The summed E-state index contributed by atoms with van der Waals surface area (Å²) in [6, 6.07) is 9.13. The van der Waals surface area contributed by atoms with E-state index < -0.39 is 0 Å². The first kappa shape index (κ1) is 19.2. The van der Waals surface area contributed by atoms with Gasteiger partial charge >= 0.3 is 0 Å². The van der Waals surface area contributed by atoms with Crippen LogP contribution in [0, 0.1) is 5.82 Å². The first-order chi connectivity index (χ1) is 12.0. The van der Waals surface area contributed by atoms with Gasteiger partial charge in [-0.05, 0) is 59.1 Å². The second kappa shape index (κ2) is 8.85. The van der Waals surface area contributed by atoms with Gasteiger partial charge in [0.15, 0.2) is 11.5 Å². The van der Waals surface area contributed by atoms with Crippen LogP contribution in [0.25, 0.3) is 0 Å². The standard InChI is InChI=1S/C19H21BrFNO3/c1-4-9-25-18-16(20)10-14(11-17(18)24-3)19(23)22-12(2)13-5-7-15(21)8-6-13/h5-8,10-12H,4,9H2,1-3H3,(H,22,23). The van der Waals surface area contributed by atoms with Crippen molar-refractivity contribution in [1.82, 2.24) is 5.32 Å². The Morgan fingerprint density at radius 1 is 1.28 bits per heavy atom. The van der Waals surface area contributed by atoms with Crippen LogP contribution in [-0.2, 0) is 0 Å². The molecule has 1 unspecified atom stereocenters. The van der Waals surface area contributed by atoms with Crippen LogP contribution in [-0.4, -0.2) is 19.6 Å². The van der Waals surface area contributed by atoms with Crippen molar-refractivity contribution in [2.45, 2.75) is 26.3 Å². The van der Waals surface area contributed by atoms with Gasteiger partial charge in [-0.15, -0.1) is 0 Å². The minimum absolute atomic E-state index is 0.252. The van der Waals surface area contributed by atoms with Gasteiger partial charge in [-0.25, -0.2) is 4.39 Å². The van der Waals surface area contributed by atoms with E-state index in [1.165, 1.54) is 19.2 Å². The molecule has 0 aliphatic heterocycles. The van der Waals surface area contributed by atoms with Gasteiger partial charge in [0.25, 0.3) is 5.91 Å². The van der Waals surface area contributed by atoms with Crippen molar-refractivity contribution in [2.24, 2.45) is 0 Å². The van der Waals surface area contributed by atoms with Gasteiger partial charge < -0.3 is 14.8 Å². The summed E-state index contributed by atoms with van der Waals surface area (Å²) in [6.07, 6.45) is 0.868. The summed E-state index contributed by atoms with van der Waals surface area (Å²) in [5.41, 5.74) is 1.27. The van der Waals surface area contributed by atoms with Crippen LogP contribution in [0.3, 0.4) is 0 Å². The molecule has 0 spiro atoms. The molecule has 0 radical (unpaired) electrons. The van der Waals surface area contributed by atoms with E-state index in [2.05, 4.69) is 21.2 Å². The molecule has 6 heteroatoms. The Hall–Kier alpha value is -2.08. The Kier molecular flexibility index (Phi) is 6.82. The number of ether oxygens (including phenoxy) is 2. The van der Waals surface area contributed by atoms with Crippen LogP contribution < -0.4 is 14.8 Å². The molecule has 25 heavy (non-hydrogen) atoms. The number of methoxy groups -OCH3 is 1. The highest BCUT2D eigenvalue weighted by molar-refractivity contribution is 9.10. The molecule has 0 heterocycles. The summed E-state index contributed by atoms with van der Waals surface area (Å²) in [5, 5.41) is 2.89. The lowest BCUT2D eigenvalue weighted by Gasteiger charge is -2.17. The van der Waals surface area contributed by atoms with E-state index in [4.69, 9.17) is 9.47 Å². The molecule has 1 amide bonds. The molecular formula is C19H21BrFNO3. The fourth-order valence-corrected chi connectivity index (χ4v) is 2.87. The van der Waals surface area contributed by atoms with E-state index in [0.717, 1.165) is 12.0 Å². The van der Waals surface area contributed by atoms with E-state index >= 15 is 0 Å². The third-order valence-corrected chi connectivity index (χ3v) is 4.25. The van der Waals surface area contributed by atoms with Crippen LogP contribution in [0.4, 0.5) is 4.39 Å². The van der Waals surface area contributed by atoms with E-state index in [1.807, 2.05) is 13.8 Å². The molecule has 1 atom stereocenters. The predicted molar refractivity (Wildman–Crippen MR) is 98.8 cm³/mol. The molecule has 0 bridgehead atoms. The molecule has 0 saturated heterocycles. The minimum Gasteiger partial charge on any atom is -0.493 e. The lowest BCUT2D eigenvalue weighted by Crippen LogP contribution is -2.26. The van der Waals surface area contributed by atoms with E-state index in [-0.39, 0.29) is 17.8 Å². The third-order valence-electron chi connectivity index (χ3n) is 3.66. The third kappa shape index (κ3) is 4.95. The predicted octanol–water partition coefficient (Wildman–Crippen LogP) is 4.88. The topological polar surface area (TPSA) is 47.6 Å². The lowest BCUT2D eigenvalue weighted by molar-refractivity contribution is 0.0939. The SMILES string of the molecule is CCCOc1c(Br)cc(C(=O)NC(C)c2ccc(F)cc2)cc1OC. The van der Waals surface area contributed by atoms with Gasteiger partial charge in [0.05, 0.1) is 24.2 Å². The number of halogens is 2. The lowest BCUT2D eigenvalue weighted by atomic mass is 10.1. The number of carbonyl (C=O) groups excluding carboxylic acids is 1. The maximum Gasteiger partial charge on any atom is 0.251 e. The molecule has 0 aliphatic carbocycles. The number of hydrogen-bond donors (Lipinski definition) is 1. The van der Waals surface area contributed by atoms with E-state index in [9.17, 15) is 9.18 Å². The van der Waals surface area contributed by atoms with Crippen molar-refractivity contribution in [2.75, 3.05) is 13.7 Å². The number of amides is 1. The Morgan fingerprint density at radius 2 is 1.96 bits per heavy atom. The molecule has 2 aromatic rings. The van der Waals surface area contributed by atoms with Crippen molar-refractivity contribution in [3.63, 3.8) is 0 Å². The molecule has 0 aliphatic rings. The summed E-state index contributed by atoms with van der Waals surface area (Å²) < 4.78 is 24.7. The quantitative estimate of drug-likeness (QED) is 0.708. The van der Waals surface area contributed by atoms with Crippen LogP contribution in [0.1, 0.15) is 42.2 Å². The Morgan fingerprint density at radius 3 is 2.56 bits per heavy atom. The van der Waals surface area contributed by atoms with Crippen molar-refractivity contribution >= 4 is 21.8 Å². The van der Waals surface area contributed by atoms with Crippen LogP contribution >= 0.6 is 15.9 Å². The second-order valence-electron chi connectivity index (χ2n) is 5.58. The summed E-state index contributed by atoms with van der Waals surface area (Å²) >= 11 is 3.43. The zero-order valence-corrected chi connectivity index (χ0v) is 16.0. The van der Waals surface area contributed by atoms with Crippen LogP contribution in [0.5, 0.6) is 11.5 Å². The Balaban J connectivity index is 2.18. The fraction of sp³-hybridized carbons (Fsp3) is 0.316. The molecule has 2 aromatic carbocycles. The second-order valence-corrected chi connectivity index (χ2v) is 6.44. The molecule has 4 nitrogen and oxygen atoms in total. The van der Waals surface area contributed by atoms with Gasteiger partial charge in [-0.2, -0.15) is 0 Å². The smallest absolute Gasteiger partial charge is 0.251 e. The van der Waals surface area contributed by atoms with Crippen molar-refractivity contribution in [1.29, 1.82) is 0 Å². The highest BCUT2D eigenvalue weighted by Gasteiger charge is 2.17. The molecular weight excluding hydrogens is 389 g/mol. The normalized spacial score (nSPS) is 11.7. The Labute approximate surface area is 155 Å². The number of nitrogens with one attached hydrogen (secondary N) is 1. The number of carbonyl (C=O) groups is 1. The van der Waals surface area contributed by atoms with Gasteiger partial charge in [0.1, 0.15) is 5.82 Å². The van der Waals surface area contributed by atoms with E-state index in [1.54, 1.807) is 24.3 Å². The number of hydrogen-bond acceptors (Lipinski definition) is 3.